The summed E-state index contributed by atoms with van der Waals surface area (Å²) in [6.45, 7) is 2.90. The molecule has 1 aromatic rings. The molecule has 0 saturated carbocycles. The van der Waals surface area contributed by atoms with Crippen LogP contribution in [0.3, 0.4) is 0 Å². The molecule has 1 heterocycles. The number of nitro groups is 1. The first-order valence-electron chi connectivity index (χ1n) is 6.43. The minimum atomic E-state index is -0.375. The van der Waals surface area contributed by atoms with Gasteiger partial charge in [-0.3, -0.25) is 10.1 Å². The van der Waals surface area contributed by atoms with Gasteiger partial charge < -0.3 is 10.2 Å². The molecule has 2 rings (SSSR count). The van der Waals surface area contributed by atoms with E-state index in [1.54, 1.807) is 12.1 Å². The molecule has 0 amide bonds. The highest BCUT2D eigenvalue weighted by Crippen LogP contribution is 2.31. The molecule has 5 nitrogen and oxygen atoms in total. The molecule has 0 aromatic heterocycles. The second kappa shape index (κ2) is 6.21. The molecular weight excluding hydrogens is 266 g/mol. The molecule has 104 valence electrons. The number of anilines is 1. The minimum Gasteiger partial charge on any atom is -0.369 e. The average molecular weight is 284 g/mol. The predicted molar refractivity (Wildman–Crippen MR) is 77.0 cm³/mol. The quantitative estimate of drug-likeness (QED) is 0.682. The summed E-state index contributed by atoms with van der Waals surface area (Å²) in [6.07, 6.45) is 2.23. The summed E-state index contributed by atoms with van der Waals surface area (Å²) in [7, 11) is 1.90. The normalized spacial score (nSPS) is 16.3. The van der Waals surface area contributed by atoms with Gasteiger partial charge in [-0.2, -0.15) is 0 Å². The number of piperidine rings is 1. The largest absolute Gasteiger partial charge is 0.369 e. The Morgan fingerprint density at radius 3 is 2.79 bits per heavy atom. The standard InChI is InChI=1S/C13H18ClN3O2/c1-16(9-10-4-6-15-7-5-10)12-3-2-11(14)8-13(12)17(18)19/h2-3,8,10,15H,4-7,9H2,1H3. The third-order valence-electron chi connectivity index (χ3n) is 3.54. The van der Waals surface area contributed by atoms with Crippen LogP contribution in [0.1, 0.15) is 12.8 Å². The topological polar surface area (TPSA) is 58.4 Å². The van der Waals surface area contributed by atoms with Crippen LogP contribution in [0.25, 0.3) is 0 Å². The van der Waals surface area contributed by atoms with Crippen molar-refractivity contribution in [1.82, 2.24) is 5.32 Å². The lowest BCUT2D eigenvalue weighted by Gasteiger charge is -2.28. The van der Waals surface area contributed by atoms with Crippen LogP contribution in [0.5, 0.6) is 0 Å². The van der Waals surface area contributed by atoms with Gasteiger partial charge in [0.1, 0.15) is 5.69 Å². The summed E-state index contributed by atoms with van der Waals surface area (Å²) in [4.78, 5) is 12.7. The summed E-state index contributed by atoms with van der Waals surface area (Å²) >= 11 is 5.83. The van der Waals surface area contributed by atoms with E-state index < -0.39 is 0 Å². The predicted octanol–water partition coefficient (Wildman–Crippen LogP) is 2.68. The molecule has 1 aliphatic rings. The van der Waals surface area contributed by atoms with Crippen LogP contribution in [0.4, 0.5) is 11.4 Å². The summed E-state index contributed by atoms with van der Waals surface area (Å²) in [6, 6.07) is 4.83. The number of nitrogens with zero attached hydrogens (tertiary/aromatic N) is 2. The third kappa shape index (κ3) is 3.58. The first-order chi connectivity index (χ1) is 9.08. The van der Waals surface area contributed by atoms with Crippen molar-refractivity contribution in [2.45, 2.75) is 12.8 Å². The summed E-state index contributed by atoms with van der Waals surface area (Å²) in [5.74, 6) is 0.585. The van der Waals surface area contributed by atoms with E-state index in [2.05, 4.69) is 5.32 Å². The van der Waals surface area contributed by atoms with E-state index in [-0.39, 0.29) is 10.6 Å². The molecule has 0 aliphatic carbocycles. The van der Waals surface area contributed by atoms with E-state index in [9.17, 15) is 10.1 Å². The highest BCUT2D eigenvalue weighted by atomic mass is 35.5. The number of rotatable bonds is 4. The van der Waals surface area contributed by atoms with Crippen LogP contribution in [-0.2, 0) is 0 Å². The van der Waals surface area contributed by atoms with Gasteiger partial charge in [0.2, 0.25) is 0 Å². The molecule has 1 N–H and O–H groups in total. The van der Waals surface area contributed by atoms with Gasteiger partial charge >= 0.3 is 0 Å². The van der Waals surface area contributed by atoms with Crippen molar-refractivity contribution >= 4 is 23.0 Å². The Balaban J connectivity index is 2.13. The van der Waals surface area contributed by atoms with E-state index in [1.165, 1.54) is 6.07 Å². The monoisotopic (exact) mass is 283 g/mol. The average Bonchev–Trinajstić information content (AvgIpc) is 2.39. The first-order valence-corrected chi connectivity index (χ1v) is 6.81. The van der Waals surface area contributed by atoms with Gasteiger partial charge in [-0.1, -0.05) is 11.6 Å². The second-order valence-electron chi connectivity index (χ2n) is 4.96. The maximum absolute atomic E-state index is 11.1. The molecule has 0 atom stereocenters. The Kier molecular flexibility index (Phi) is 4.61. The molecule has 6 heteroatoms. The van der Waals surface area contributed by atoms with Gasteiger partial charge in [0.15, 0.2) is 0 Å². The van der Waals surface area contributed by atoms with Crippen molar-refractivity contribution < 1.29 is 4.92 Å². The highest BCUT2D eigenvalue weighted by Gasteiger charge is 2.21. The number of nitrogens with one attached hydrogen (secondary N) is 1. The number of nitro benzene ring substituents is 1. The van der Waals surface area contributed by atoms with Gasteiger partial charge in [-0.25, -0.2) is 0 Å². The van der Waals surface area contributed by atoms with Crippen molar-refractivity contribution in [3.8, 4) is 0 Å². The van der Waals surface area contributed by atoms with Gasteiger partial charge in [0.05, 0.1) is 4.92 Å². The molecular formula is C13H18ClN3O2. The molecule has 0 bridgehead atoms. The van der Waals surface area contributed by atoms with Crippen LogP contribution >= 0.6 is 11.6 Å². The Morgan fingerprint density at radius 1 is 1.47 bits per heavy atom. The van der Waals surface area contributed by atoms with Crippen molar-refractivity contribution in [3.63, 3.8) is 0 Å². The third-order valence-corrected chi connectivity index (χ3v) is 3.77. The molecule has 0 unspecified atom stereocenters. The number of hydrogen-bond acceptors (Lipinski definition) is 4. The molecule has 19 heavy (non-hydrogen) atoms. The summed E-state index contributed by atoms with van der Waals surface area (Å²) in [5, 5.41) is 14.8. The number of halogens is 1. The smallest absolute Gasteiger partial charge is 0.294 e. The molecule has 0 spiro atoms. The van der Waals surface area contributed by atoms with Crippen molar-refractivity contribution in [2.24, 2.45) is 5.92 Å². The fraction of sp³-hybridized carbons (Fsp3) is 0.538. The van der Waals surface area contributed by atoms with Crippen LogP contribution in [-0.4, -0.2) is 31.6 Å². The van der Waals surface area contributed by atoms with Crippen LogP contribution in [0.15, 0.2) is 18.2 Å². The molecule has 1 aliphatic heterocycles. The Morgan fingerprint density at radius 2 is 2.16 bits per heavy atom. The van der Waals surface area contributed by atoms with Gasteiger partial charge in [-0.15, -0.1) is 0 Å². The van der Waals surface area contributed by atoms with Crippen molar-refractivity contribution in [2.75, 3.05) is 31.6 Å². The second-order valence-corrected chi connectivity index (χ2v) is 5.40. The zero-order valence-corrected chi connectivity index (χ0v) is 11.7. The van der Waals surface area contributed by atoms with Gasteiger partial charge in [0, 0.05) is 24.7 Å². The van der Waals surface area contributed by atoms with Gasteiger partial charge in [0.25, 0.3) is 5.69 Å². The molecule has 1 fully saturated rings. The zero-order chi connectivity index (χ0) is 13.8. The summed E-state index contributed by atoms with van der Waals surface area (Å²) in [5.41, 5.74) is 0.705. The Labute approximate surface area is 117 Å². The Bertz CT molecular complexity index is 461. The fourth-order valence-corrected chi connectivity index (χ4v) is 2.68. The minimum absolute atomic E-state index is 0.0731. The van der Waals surface area contributed by atoms with Crippen molar-refractivity contribution in [1.29, 1.82) is 0 Å². The van der Waals surface area contributed by atoms with Gasteiger partial charge in [-0.05, 0) is 44.0 Å². The van der Waals surface area contributed by atoms with E-state index in [4.69, 9.17) is 11.6 Å². The Hall–Kier alpha value is -1.33. The van der Waals surface area contributed by atoms with E-state index in [0.717, 1.165) is 32.5 Å². The molecule has 0 radical (unpaired) electrons. The molecule has 1 saturated heterocycles. The lowest BCUT2D eigenvalue weighted by atomic mass is 9.97. The highest BCUT2D eigenvalue weighted by molar-refractivity contribution is 6.30. The van der Waals surface area contributed by atoms with Crippen LogP contribution in [0.2, 0.25) is 5.02 Å². The summed E-state index contributed by atoms with van der Waals surface area (Å²) < 4.78 is 0. The maximum Gasteiger partial charge on any atom is 0.294 e. The van der Waals surface area contributed by atoms with E-state index in [0.29, 0.717) is 16.6 Å². The number of hydrogen-bond donors (Lipinski definition) is 1. The zero-order valence-electron chi connectivity index (χ0n) is 10.9. The molecule has 1 aromatic carbocycles. The van der Waals surface area contributed by atoms with Crippen molar-refractivity contribution in [3.05, 3.63) is 33.3 Å². The SMILES string of the molecule is CN(CC1CCNCC1)c1ccc(Cl)cc1[N+](=O)[O-]. The number of benzene rings is 1. The lowest BCUT2D eigenvalue weighted by molar-refractivity contribution is -0.384. The fourth-order valence-electron chi connectivity index (χ4n) is 2.52. The first kappa shape index (κ1) is 14.1. The van der Waals surface area contributed by atoms with E-state index >= 15 is 0 Å². The lowest BCUT2D eigenvalue weighted by Crippen LogP contribution is -2.34. The van der Waals surface area contributed by atoms with E-state index in [1.807, 2.05) is 11.9 Å². The maximum atomic E-state index is 11.1. The van der Waals surface area contributed by atoms with Crippen LogP contribution < -0.4 is 10.2 Å². The van der Waals surface area contributed by atoms with Crippen LogP contribution in [0, 0.1) is 16.0 Å².